The molecular formula is C15H29N3O. The van der Waals surface area contributed by atoms with Gasteiger partial charge in [-0.2, -0.15) is 0 Å². The fraction of sp³-hybridized carbons (Fsp3) is 0.933. The van der Waals surface area contributed by atoms with Crippen molar-refractivity contribution in [3.63, 3.8) is 0 Å². The number of hydrogen-bond donors (Lipinski definition) is 2. The summed E-state index contributed by atoms with van der Waals surface area (Å²) < 4.78 is 0. The Morgan fingerprint density at radius 2 is 2.05 bits per heavy atom. The summed E-state index contributed by atoms with van der Waals surface area (Å²) in [7, 11) is 0. The van der Waals surface area contributed by atoms with Gasteiger partial charge in [-0.15, -0.1) is 0 Å². The highest BCUT2D eigenvalue weighted by Crippen LogP contribution is 2.35. The standard InChI is InChI=1S/C15H29N3O/c1-10(2)11(3)17-15(19)9-18-7-12-5-4-6-14(16)13(12)8-18/h10-14H,4-9,16H2,1-3H3,(H,17,19). The van der Waals surface area contributed by atoms with Gasteiger partial charge in [0.15, 0.2) is 0 Å². The molecule has 1 aliphatic heterocycles. The molecule has 2 aliphatic rings. The summed E-state index contributed by atoms with van der Waals surface area (Å²) in [5, 5.41) is 3.09. The molecule has 1 saturated carbocycles. The number of hydrogen-bond acceptors (Lipinski definition) is 3. The van der Waals surface area contributed by atoms with E-state index < -0.39 is 0 Å². The topological polar surface area (TPSA) is 58.4 Å². The highest BCUT2D eigenvalue weighted by atomic mass is 16.2. The van der Waals surface area contributed by atoms with Crippen molar-refractivity contribution in [2.45, 2.75) is 52.1 Å². The van der Waals surface area contributed by atoms with Gasteiger partial charge in [-0.25, -0.2) is 0 Å². The molecule has 1 heterocycles. The first-order chi connectivity index (χ1) is 8.97. The maximum Gasteiger partial charge on any atom is 0.234 e. The summed E-state index contributed by atoms with van der Waals surface area (Å²) in [5.74, 6) is 1.98. The van der Waals surface area contributed by atoms with E-state index in [0.29, 0.717) is 24.4 Å². The van der Waals surface area contributed by atoms with E-state index in [-0.39, 0.29) is 11.9 Å². The van der Waals surface area contributed by atoms with Crippen LogP contribution in [0.2, 0.25) is 0 Å². The second-order valence-corrected chi connectivity index (χ2v) is 6.81. The van der Waals surface area contributed by atoms with Crippen LogP contribution in [0.1, 0.15) is 40.0 Å². The van der Waals surface area contributed by atoms with Gasteiger partial charge in [-0.1, -0.05) is 20.3 Å². The summed E-state index contributed by atoms with van der Waals surface area (Å²) >= 11 is 0. The molecule has 0 aromatic carbocycles. The number of nitrogens with one attached hydrogen (secondary N) is 1. The SMILES string of the molecule is CC(C)C(C)NC(=O)CN1CC2CCCC(N)C2C1. The Kier molecular flexibility index (Phi) is 4.85. The zero-order valence-electron chi connectivity index (χ0n) is 12.6. The quantitative estimate of drug-likeness (QED) is 0.805. The predicted octanol–water partition coefficient (Wildman–Crippen LogP) is 1.21. The zero-order valence-corrected chi connectivity index (χ0v) is 12.6. The van der Waals surface area contributed by atoms with E-state index in [1.807, 2.05) is 0 Å². The van der Waals surface area contributed by atoms with Gasteiger partial charge in [0.25, 0.3) is 0 Å². The third-order valence-corrected chi connectivity index (χ3v) is 4.99. The lowest BCUT2D eigenvalue weighted by atomic mass is 9.78. The third kappa shape index (κ3) is 3.69. The fourth-order valence-electron chi connectivity index (χ4n) is 3.41. The van der Waals surface area contributed by atoms with Crippen LogP contribution in [0.5, 0.6) is 0 Å². The molecule has 1 aliphatic carbocycles. The minimum absolute atomic E-state index is 0.161. The van der Waals surface area contributed by atoms with E-state index in [1.54, 1.807) is 0 Å². The van der Waals surface area contributed by atoms with Gasteiger partial charge in [0, 0.05) is 25.2 Å². The van der Waals surface area contributed by atoms with Crippen molar-refractivity contribution >= 4 is 5.91 Å². The average molecular weight is 267 g/mol. The Morgan fingerprint density at radius 3 is 2.68 bits per heavy atom. The van der Waals surface area contributed by atoms with Gasteiger partial charge in [0.1, 0.15) is 0 Å². The lowest BCUT2D eigenvalue weighted by Gasteiger charge is -2.29. The molecule has 4 atom stereocenters. The maximum absolute atomic E-state index is 12.0. The van der Waals surface area contributed by atoms with Crippen LogP contribution in [0.4, 0.5) is 0 Å². The lowest BCUT2D eigenvalue weighted by Crippen LogP contribution is -2.42. The molecule has 110 valence electrons. The molecule has 2 rings (SSSR count). The highest BCUT2D eigenvalue weighted by molar-refractivity contribution is 5.78. The minimum atomic E-state index is 0.161. The zero-order chi connectivity index (χ0) is 14.0. The molecular weight excluding hydrogens is 238 g/mol. The van der Waals surface area contributed by atoms with E-state index in [1.165, 1.54) is 12.8 Å². The molecule has 3 N–H and O–H groups in total. The minimum Gasteiger partial charge on any atom is -0.352 e. The fourth-order valence-corrected chi connectivity index (χ4v) is 3.41. The first kappa shape index (κ1) is 14.8. The molecule has 0 bridgehead atoms. The molecule has 19 heavy (non-hydrogen) atoms. The van der Waals surface area contributed by atoms with Crippen molar-refractivity contribution in [2.24, 2.45) is 23.5 Å². The highest BCUT2D eigenvalue weighted by Gasteiger charge is 2.39. The van der Waals surface area contributed by atoms with Crippen molar-refractivity contribution in [1.29, 1.82) is 0 Å². The van der Waals surface area contributed by atoms with Crippen LogP contribution in [0, 0.1) is 17.8 Å². The Morgan fingerprint density at radius 1 is 1.32 bits per heavy atom. The summed E-state index contributed by atoms with van der Waals surface area (Å²) in [6.07, 6.45) is 3.71. The number of rotatable bonds is 4. The first-order valence-corrected chi connectivity index (χ1v) is 7.74. The van der Waals surface area contributed by atoms with Crippen LogP contribution >= 0.6 is 0 Å². The van der Waals surface area contributed by atoms with E-state index in [9.17, 15) is 4.79 Å². The number of carbonyl (C=O) groups excluding carboxylic acids is 1. The van der Waals surface area contributed by atoms with Crippen molar-refractivity contribution in [2.75, 3.05) is 19.6 Å². The van der Waals surface area contributed by atoms with Gasteiger partial charge in [0.2, 0.25) is 5.91 Å². The summed E-state index contributed by atoms with van der Waals surface area (Å²) in [6.45, 7) is 8.94. The van der Waals surface area contributed by atoms with Crippen LogP contribution in [-0.4, -0.2) is 42.5 Å². The molecule has 4 unspecified atom stereocenters. The van der Waals surface area contributed by atoms with Crippen molar-refractivity contribution in [3.8, 4) is 0 Å². The van der Waals surface area contributed by atoms with Gasteiger partial charge in [-0.05, 0) is 37.5 Å². The van der Waals surface area contributed by atoms with E-state index >= 15 is 0 Å². The number of nitrogens with two attached hydrogens (primary N) is 1. The van der Waals surface area contributed by atoms with Crippen molar-refractivity contribution < 1.29 is 4.79 Å². The molecule has 1 amide bonds. The molecule has 4 nitrogen and oxygen atoms in total. The van der Waals surface area contributed by atoms with Crippen molar-refractivity contribution in [1.82, 2.24) is 10.2 Å². The normalized spacial score (nSPS) is 33.2. The van der Waals surface area contributed by atoms with Gasteiger partial charge in [0.05, 0.1) is 6.54 Å². The number of fused-ring (bicyclic) bond motifs is 1. The van der Waals surface area contributed by atoms with E-state index in [0.717, 1.165) is 25.4 Å². The predicted molar refractivity (Wildman–Crippen MR) is 77.7 cm³/mol. The molecule has 0 radical (unpaired) electrons. The summed E-state index contributed by atoms with van der Waals surface area (Å²) in [5.41, 5.74) is 6.21. The van der Waals surface area contributed by atoms with Crippen LogP contribution < -0.4 is 11.1 Å². The summed E-state index contributed by atoms with van der Waals surface area (Å²) in [4.78, 5) is 14.3. The Bertz CT molecular complexity index is 319. The maximum atomic E-state index is 12.0. The lowest BCUT2D eigenvalue weighted by molar-refractivity contribution is -0.122. The smallest absolute Gasteiger partial charge is 0.234 e. The average Bonchev–Trinajstić information content (AvgIpc) is 2.72. The number of amides is 1. The van der Waals surface area contributed by atoms with Crippen LogP contribution in [-0.2, 0) is 4.79 Å². The van der Waals surface area contributed by atoms with Crippen LogP contribution in [0.3, 0.4) is 0 Å². The first-order valence-electron chi connectivity index (χ1n) is 7.74. The monoisotopic (exact) mass is 267 g/mol. The second-order valence-electron chi connectivity index (χ2n) is 6.81. The van der Waals surface area contributed by atoms with E-state index in [4.69, 9.17) is 5.73 Å². The van der Waals surface area contributed by atoms with Gasteiger partial charge >= 0.3 is 0 Å². The molecule has 0 aromatic heterocycles. The van der Waals surface area contributed by atoms with Crippen molar-refractivity contribution in [3.05, 3.63) is 0 Å². The number of likely N-dealkylation sites (tertiary alicyclic amines) is 1. The Labute approximate surface area is 117 Å². The van der Waals surface area contributed by atoms with Crippen LogP contribution in [0.15, 0.2) is 0 Å². The van der Waals surface area contributed by atoms with Crippen LogP contribution in [0.25, 0.3) is 0 Å². The largest absolute Gasteiger partial charge is 0.352 e. The van der Waals surface area contributed by atoms with E-state index in [2.05, 4.69) is 31.0 Å². The Balaban J connectivity index is 1.80. The van der Waals surface area contributed by atoms with Gasteiger partial charge < -0.3 is 11.1 Å². The number of carbonyl (C=O) groups is 1. The summed E-state index contributed by atoms with van der Waals surface area (Å²) in [6, 6.07) is 0.598. The molecule has 1 saturated heterocycles. The number of nitrogens with zero attached hydrogens (tertiary/aromatic N) is 1. The Hall–Kier alpha value is -0.610. The second kappa shape index (κ2) is 6.23. The molecule has 0 spiro atoms. The third-order valence-electron chi connectivity index (χ3n) is 4.99. The molecule has 0 aromatic rings. The van der Waals surface area contributed by atoms with Gasteiger partial charge in [-0.3, -0.25) is 9.69 Å². The molecule has 2 fully saturated rings. The molecule has 4 heteroatoms.